The van der Waals surface area contributed by atoms with E-state index in [1.54, 1.807) is 24.3 Å². The van der Waals surface area contributed by atoms with Crippen LogP contribution in [-0.2, 0) is 20.9 Å². The van der Waals surface area contributed by atoms with Gasteiger partial charge in [-0.2, -0.15) is 0 Å². The molecule has 0 saturated carbocycles. The number of amides is 2. The Hall–Kier alpha value is -4.05. The topological polar surface area (TPSA) is 106 Å². The van der Waals surface area contributed by atoms with Crippen molar-refractivity contribution in [3.05, 3.63) is 76.5 Å². The Labute approximate surface area is 219 Å². The lowest BCUT2D eigenvalue weighted by atomic mass is 10.0. The third kappa shape index (κ3) is 5.69. The van der Waals surface area contributed by atoms with Crippen molar-refractivity contribution in [2.24, 2.45) is 0 Å². The minimum atomic E-state index is -0.971. The molecule has 2 aromatic carbocycles. The second-order valence-corrected chi connectivity index (χ2v) is 10.2. The molecule has 0 aliphatic rings. The Morgan fingerprint density at radius 1 is 1.11 bits per heavy atom. The van der Waals surface area contributed by atoms with Gasteiger partial charge in [0.05, 0.1) is 18.2 Å². The molecule has 1 atom stereocenters. The van der Waals surface area contributed by atoms with Gasteiger partial charge in [-0.25, -0.2) is 9.48 Å². The quantitative estimate of drug-likeness (QED) is 0.330. The van der Waals surface area contributed by atoms with E-state index in [4.69, 9.17) is 4.74 Å². The second kappa shape index (κ2) is 10.9. The SMILES string of the molecule is CCC(C)(C)NC(=O)[C@H](c1cccs1)N(C(=O)Cn1nnc2ccccc21)c1cccc(C(=O)OC)c1. The molecule has 4 aromatic rings. The van der Waals surface area contributed by atoms with Crippen LogP contribution in [0.4, 0.5) is 5.69 Å². The predicted molar refractivity (Wildman–Crippen MR) is 142 cm³/mol. The third-order valence-corrected chi connectivity index (χ3v) is 7.11. The van der Waals surface area contributed by atoms with Gasteiger partial charge in [0.2, 0.25) is 11.8 Å². The molecular weight excluding hydrogens is 490 g/mol. The van der Waals surface area contributed by atoms with E-state index in [2.05, 4.69) is 15.6 Å². The molecule has 0 saturated heterocycles. The van der Waals surface area contributed by atoms with Gasteiger partial charge in [-0.3, -0.25) is 14.5 Å². The number of aromatic nitrogens is 3. The normalized spacial score (nSPS) is 12.2. The van der Waals surface area contributed by atoms with Gasteiger partial charge in [0, 0.05) is 16.1 Å². The van der Waals surface area contributed by atoms with Crippen molar-refractivity contribution >= 4 is 45.8 Å². The molecule has 4 rings (SSSR count). The summed E-state index contributed by atoms with van der Waals surface area (Å²) in [4.78, 5) is 42.2. The average molecular weight is 520 g/mol. The zero-order valence-corrected chi connectivity index (χ0v) is 22.0. The van der Waals surface area contributed by atoms with Gasteiger partial charge < -0.3 is 10.1 Å². The molecule has 0 unspecified atom stereocenters. The van der Waals surface area contributed by atoms with Crippen molar-refractivity contribution in [3.8, 4) is 0 Å². The zero-order valence-electron chi connectivity index (χ0n) is 21.2. The maximum atomic E-state index is 14.0. The number of carbonyl (C=O) groups excluding carboxylic acids is 3. The van der Waals surface area contributed by atoms with Crippen LogP contribution in [0.15, 0.2) is 66.0 Å². The molecule has 2 heterocycles. The number of nitrogens with zero attached hydrogens (tertiary/aromatic N) is 4. The molecule has 9 nitrogen and oxygen atoms in total. The van der Waals surface area contributed by atoms with E-state index in [-0.39, 0.29) is 23.9 Å². The number of hydrogen-bond donors (Lipinski definition) is 1. The molecule has 0 radical (unpaired) electrons. The number of nitrogens with one attached hydrogen (secondary N) is 1. The lowest BCUT2D eigenvalue weighted by Crippen LogP contribution is -2.51. The summed E-state index contributed by atoms with van der Waals surface area (Å²) in [6, 6.07) is 16.5. The van der Waals surface area contributed by atoms with Crippen LogP contribution in [0.5, 0.6) is 0 Å². The molecule has 10 heteroatoms. The van der Waals surface area contributed by atoms with Gasteiger partial charge >= 0.3 is 5.97 Å². The first-order chi connectivity index (χ1) is 17.7. The number of rotatable bonds is 9. The van der Waals surface area contributed by atoms with E-state index < -0.39 is 17.6 Å². The number of hydrogen-bond acceptors (Lipinski definition) is 7. The third-order valence-electron chi connectivity index (χ3n) is 6.18. The number of esters is 1. The van der Waals surface area contributed by atoms with Gasteiger partial charge in [-0.15, -0.1) is 16.4 Å². The first-order valence-electron chi connectivity index (χ1n) is 11.9. The summed E-state index contributed by atoms with van der Waals surface area (Å²) < 4.78 is 6.39. The summed E-state index contributed by atoms with van der Waals surface area (Å²) in [5.41, 5.74) is 1.52. The molecule has 37 heavy (non-hydrogen) atoms. The molecular formula is C27H29N5O4S. The van der Waals surface area contributed by atoms with Crippen LogP contribution >= 0.6 is 11.3 Å². The van der Waals surface area contributed by atoms with Crippen molar-refractivity contribution < 1.29 is 19.1 Å². The lowest BCUT2D eigenvalue weighted by molar-refractivity contribution is -0.128. The number of carbonyl (C=O) groups is 3. The Bertz CT molecular complexity index is 1410. The number of para-hydroxylation sites is 1. The van der Waals surface area contributed by atoms with E-state index in [0.29, 0.717) is 28.0 Å². The van der Waals surface area contributed by atoms with Crippen molar-refractivity contribution in [1.82, 2.24) is 20.3 Å². The zero-order chi connectivity index (χ0) is 26.6. The molecule has 0 aliphatic heterocycles. The summed E-state index contributed by atoms with van der Waals surface area (Å²) in [5, 5.41) is 13.2. The van der Waals surface area contributed by atoms with Gasteiger partial charge in [0.15, 0.2) is 0 Å². The van der Waals surface area contributed by atoms with Crippen LogP contribution in [0.1, 0.15) is 48.5 Å². The monoisotopic (exact) mass is 519 g/mol. The Balaban J connectivity index is 1.82. The first-order valence-corrected chi connectivity index (χ1v) is 12.8. The van der Waals surface area contributed by atoms with Crippen LogP contribution in [0.25, 0.3) is 11.0 Å². The maximum Gasteiger partial charge on any atom is 0.337 e. The molecule has 0 spiro atoms. The molecule has 1 N–H and O–H groups in total. The summed E-state index contributed by atoms with van der Waals surface area (Å²) in [6.07, 6.45) is 0.701. The van der Waals surface area contributed by atoms with E-state index >= 15 is 0 Å². The van der Waals surface area contributed by atoms with Crippen LogP contribution in [0.2, 0.25) is 0 Å². The molecule has 0 bridgehead atoms. The summed E-state index contributed by atoms with van der Waals surface area (Å²) in [5.74, 6) is -1.25. The van der Waals surface area contributed by atoms with E-state index in [1.165, 1.54) is 28.0 Å². The highest BCUT2D eigenvalue weighted by molar-refractivity contribution is 7.10. The average Bonchev–Trinajstić information content (AvgIpc) is 3.57. The molecule has 0 fully saturated rings. The predicted octanol–water partition coefficient (Wildman–Crippen LogP) is 4.36. The molecule has 2 amide bonds. The summed E-state index contributed by atoms with van der Waals surface area (Å²) >= 11 is 1.38. The minimum Gasteiger partial charge on any atom is -0.465 e. The number of fused-ring (bicyclic) bond motifs is 1. The highest BCUT2D eigenvalue weighted by Crippen LogP contribution is 2.32. The van der Waals surface area contributed by atoms with Crippen molar-refractivity contribution in [2.75, 3.05) is 12.0 Å². The number of thiophene rings is 1. The smallest absolute Gasteiger partial charge is 0.337 e. The number of methoxy groups -OCH3 is 1. The van der Waals surface area contributed by atoms with Crippen molar-refractivity contribution in [2.45, 2.75) is 45.3 Å². The Morgan fingerprint density at radius 3 is 2.59 bits per heavy atom. The fourth-order valence-electron chi connectivity index (χ4n) is 3.89. The highest BCUT2D eigenvalue weighted by Gasteiger charge is 2.36. The Morgan fingerprint density at radius 2 is 1.89 bits per heavy atom. The standard InChI is InChI=1S/C27H29N5O4S/c1-5-27(2,3)28-25(34)24(22-14-9-15-37-22)32(19-11-8-10-18(16-19)26(35)36-4)23(33)17-31-21-13-7-6-12-20(21)29-30-31/h6-16,24H,5,17H2,1-4H3,(H,28,34)/t24-/m0/s1. The fourth-order valence-corrected chi connectivity index (χ4v) is 4.70. The van der Waals surface area contributed by atoms with Crippen molar-refractivity contribution in [3.63, 3.8) is 0 Å². The number of anilines is 1. The Kier molecular flexibility index (Phi) is 7.68. The maximum absolute atomic E-state index is 14.0. The summed E-state index contributed by atoms with van der Waals surface area (Å²) in [6.45, 7) is 5.69. The largest absolute Gasteiger partial charge is 0.465 e. The molecule has 2 aromatic heterocycles. The van der Waals surface area contributed by atoms with Gasteiger partial charge in [-0.05, 0) is 62.0 Å². The number of benzene rings is 2. The molecule has 192 valence electrons. The lowest BCUT2D eigenvalue weighted by Gasteiger charge is -2.34. The van der Waals surface area contributed by atoms with Crippen LogP contribution < -0.4 is 10.2 Å². The van der Waals surface area contributed by atoms with Crippen molar-refractivity contribution in [1.29, 1.82) is 0 Å². The fraction of sp³-hybridized carbons (Fsp3) is 0.296. The van der Waals surface area contributed by atoms with Gasteiger partial charge in [0.25, 0.3) is 0 Å². The second-order valence-electron chi connectivity index (χ2n) is 9.19. The van der Waals surface area contributed by atoms with E-state index in [9.17, 15) is 14.4 Å². The summed E-state index contributed by atoms with van der Waals surface area (Å²) in [7, 11) is 1.29. The minimum absolute atomic E-state index is 0.157. The molecule has 0 aliphatic carbocycles. The van der Waals surface area contributed by atoms with Crippen LogP contribution in [-0.4, -0.2) is 45.4 Å². The van der Waals surface area contributed by atoms with E-state index in [1.807, 2.05) is 62.5 Å². The van der Waals surface area contributed by atoms with Gasteiger partial charge in [0.1, 0.15) is 18.1 Å². The number of ether oxygens (including phenoxy) is 1. The van der Waals surface area contributed by atoms with E-state index in [0.717, 1.165) is 0 Å². The van der Waals surface area contributed by atoms with Crippen LogP contribution in [0, 0.1) is 0 Å². The first kappa shape index (κ1) is 26.0. The highest BCUT2D eigenvalue weighted by atomic mass is 32.1. The van der Waals surface area contributed by atoms with Gasteiger partial charge in [-0.1, -0.05) is 36.4 Å². The van der Waals surface area contributed by atoms with Crippen LogP contribution in [0.3, 0.4) is 0 Å².